The van der Waals surface area contributed by atoms with Crippen molar-refractivity contribution in [2.45, 2.75) is 56.7 Å². The minimum Gasteiger partial charge on any atom is -0.339 e. The summed E-state index contributed by atoms with van der Waals surface area (Å²) in [5.74, 6) is -0.384. The zero-order valence-corrected chi connectivity index (χ0v) is 19.1. The number of halogens is 2. The molecule has 162 valence electrons. The Morgan fingerprint density at radius 1 is 1.14 bits per heavy atom. The number of hydrogen-bond acceptors (Lipinski definition) is 5. The Kier molecular flexibility index (Phi) is 7.49. The van der Waals surface area contributed by atoms with Gasteiger partial charge in [0.05, 0.1) is 16.3 Å². The summed E-state index contributed by atoms with van der Waals surface area (Å²) in [4.78, 5) is 17.6. The van der Waals surface area contributed by atoms with Gasteiger partial charge in [0.25, 0.3) is 16.0 Å². The molecule has 0 aromatic heterocycles. The van der Waals surface area contributed by atoms with Crippen LogP contribution in [-0.4, -0.2) is 62.6 Å². The molecule has 3 atom stereocenters. The van der Waals surface area contributed by atoms with Crippen molar-refractivity contribution in [3.63, 3.8) is 0 Å². The Morgan fingerprint density at radius 3 is 2.41 bits per heavy atom. The molecule has 6 nitrogen and oxygen atoms in total. The summed E-state index contributed by atoms with van der Waals surface area (Å²) in [5, 5.41) is 0.574. The van der Waals surface area contributed by atoms with E-state index < -0.39 is 16.2 Å². The van der Waals surface area contributed by atoms with Crippen LogP contribution >= 0.6 is 23.2 Å². The van der Waals surface area contributed by atoms with Gasteiger partial charge in [-0.15, -0.1) is 0 Å². The summed E-state index contributed by atoms with van der Waals surface area (Å²) in [6.07, 6.45) is 6.17. The van der Waals surface area contributed by atoms with Gasteiger partial charge in [-0.2, -0.15) is 8.42 Å². The molecule has 2 fully saturated rings. The number of benzene rings is 1. The third-order valence-corrected chi connectivity index (χ3v) is 7.17. The maximum Gasteiger partial charge on any atom is 0.265 e. The second-order valence-corrected chi connectivity index (χ2v) is 10.4. The van der Waals surface area contributed by atoms with Crippen molar-refractivity contribution in [3.05, 3.63) is 33.8 Å². The molecule has 1 aromatic rings. The van der Waals surface area contributed by atoms with Crippen LogP contribution in [0.2, 0.25) is 10.0 Å². The van der Waals surface area contributed by atoms with Crippen molar-refractivity contribution in [1.29, 1.82) is 0 Å². The molecule has 3 rings (SSSR count). The second-order valence-electron chi connectivity index (χ2n) is 7.97. The van der Waals surface area contributed by atoms with Crippen LogP contribution in [0.3, 0.4) is 0 Å². The second kappa shape index (κ2) is 9.52. The van der Waals surface area contributed by atoms with E-state index in [-0.39, 0.29) is 17.0 Å². The summed E-state index contributed by atoms with van der Waals surface area (Å²) in [6, 6.07) is 4.94. The lowest BCUT2D eigenvalue weighted by molar-refractivity contribution is -0.141. The number of nitrogens with zero attached hydrogens (tertiary/aromatic N) is 2. The van der Waals surface area contributed by atoms with Gasteiger partial charge in [-0.25, -0.2) is 0 Å². The molecule has 1 aromatic carbocycles. The Labute approximate surface area is 183 Å². The molecule has 29 heavy (non-hydrogen) atoms. The van der Waals surface area contributed by atoms with E-state index in [9.17, 15) is 13.2 Å². The van der Waals surface area contributed by atoms with E-state index >= 15 is 0 Å². The minimum absolute atomic E-state index is 0.0304. The smallest absolute Gasteiger partial charge is 0.265 e. The average molecular weight is 463 g/mol. The molecular weight excluding hydrogens is 435 g/mol. The molecule has 1 heterocycles. The van der Waals surface area contributed by atoms with E-state index in [0.29, 0.717) is 16.6 Å². The van der Waals surface area contributed by atoms with E-state index in [1.54, 1.807) is 24.1 Å². The molecule has 0 radical (unpaired) electrons. The van der Waals surface area contributed by atoms with Crippen molar-refractivity contribution < 1.29 is 17.4 Å². The van der Waals surface area contributed by atoms with Gasteiger partial charge in [0, 0.05) is 19.1 Å². The lowest BCUT2D eigenvalue weighted by Crippen LogP contribution is -2.54. The number of carbonyl (C=O) groups is 1. The van der Waals surface area contributed by atoms with E-state index in [4.69, 9.17) is 27.4 Å². The Balaban J connectivity index is 1.87. The minimum atomic E-state index is -3.87. The van der Waals surface area contributed by atoms with Gasteiger partial charge in [-0.3, -0.25) is 13.9 Å². The maximum absolute atomic E-state index is 13.4. The number of likely N-dealkylation sites (tertiary alicyclic amines) is 1. The zero-order chi connectivity index (χ0) is 21.2. The number of likely N-dealkylation sites (N-methyl/N-ethyl adjacent to an activating group) is 1. The molecule has 1 saturated carbocycles. The first-order valence-corrected chi connectivity index (χ1v) is 12.6. The molecule has 0 spiro atoms. The molecular formula is C20H28Cl2N2O4S. The van der Waals surface area contributed by atoms with Crippen LogP contribution in [0.15, 0.2) is 18.2 Å². The van der Waals surface area contributed by atoms with Crippen LogP contribution in [0.25, 0.3) is 0 Å². The summed E-state index contributed by atoms with van der Waals surface area (Å²) in [6.45, 7) is 2.11. The van der Waals surface area contributed by atoms with E-state index in [2.05, 4.69) is 4.90 Å². The fourth-order valence-electron chi connectivity index (χ4n) is 4.48. The van der Waals surface area contributed by atoms with Crippen LogP contribution in [0, 0.1) is 0 Å². The predicted molar refractivity (Wildman–Crippen MR) is 115 cm³/mol. The predicted octanol–water partition coefficient (Wildman–Crippen LogP) is 3.88. The van der Waals surface area contributed by atoms with Crippen molar-refractivity contribution in [1.82, 2.24) is 9.80 Å². The fraction of sp³-hybridized carbons (Fsp3) is 0.650. The Morgan fingerprint density at radius 2 is 1.79 bits per heavy atom. The lowest BCUT2D eigenvalue weighted by Gasteiger charge is -2.43. The standard InChI is InChI=1S/C20H28Cl2N2O4S/c1-23(17-7-3-4-8-18(17)24-11-5-6-12-24)20(25)19(28-29(2,26)27)14-9-10-15(21)16(22)13-14/h9-10,13,17-19H,3-8,11-12H2,1-2H3. The van der Waals surface area contributed by atoms with E-state index in [1.165, 1.54) is 18.9 Å². The quantitative estimate of drug-likeness (QED) is 0.600. The van der Waals surface area contributed by atoms with Gasteiger partial charge >= 0.3 is 0 Å². The first-order valence-electron chi connectivity index (χ1n) is 10.0. The summed E-state index contributed by atoms with van der Waals surface area (Å²) in [7, 11) is -2.12. The SMILES string of the molecule is CN(C(=O)C(OS(C)(=O)=O)c1ccc(Cl)c(Cl)c1)C1CCCCC1N1CCCC1. The third kappa shape index (κ3) is 5.64. The zero-order valence-electron chi connectivity index (χ0n) is 16.8. The molecule has 1 amide bonds. The highest BCUT2D eigenvalue weighted by atomic mass is 35.5. The highest BCUT2D eigenvalue weighted by Crippen LogP contribution is 2.33. The summed E-state index contributed by atoms with van der Waals surface area (Å²) >= 11 is 12.1. The molecule has 1 aliphatic heterocycles. The van der Waals surface area contributed by atoms with Crippen LogP contribution in [0.4, 0.5) is 0 Å². The number of amides is 1. The maximum atomic E-state index is 13.4. The molecule has 1 saturated heterocycles. The molecule has 3 unspecified atom stereocenters. The summed E-state index contributed by atoms with van der Waals surface area (Å²) in [5.41, 5.74) is 0.371. The number of rotatable bonds is 6. The van der Waals surface area contributed by atoms with Gasteiger partial charge in [-0.05, 0) is 56.5 Å². The van der Waals surface area contributed by atoms with Crippen molar-refractivity contribution in [3.8, 4) is 0 Å². The van der Waals surface area contributed by atoms with E-state index in [0.717, 1.165) is 45.0 Å². The van der Waals surface area contributed by atoms with Crippen molar-refractivity contribution in [2.24, 2.45) is 0 Å². The topological polar surface area (TPSA) is 66.9 Å². The third-order valence-electron chi connectivity index (χ3n) is 5.89. The Hall–Kier alpha value is -0.860. The first-order chi connectivity index (χ1) is 13.7. The number of hydrogen-bond donors (Lipinski definition) is 0. The van der Waals surface area contributed by atoms with Gasteiger partial charge in [0.1, 0.15) is 0 Å². The Bertz CT molecular complexity index is 843. The monoisotopic (exact) mass is 462 g/mol. The van der Waals surface area contributed by atoms with Gasteiger partial charge in [-0.1, -0.05) is 42.1 Å². The van der Waals surface area contributed by atoms with Gasteiger partial charge in [0.2, 0.25) is 0 Å². The van der Waals surface area contributed by atoms with Crippen molar-refractivity contribution in [2.75, 3.05) is 26.4 Å². The highest BCUT2D eigenvalue weighted by molar-refractivity contribution is 7.86. The van der Waals surface area contributed by atoms with Crippen LogP contribution in [-0.2, 0) is 19.1 Å². The molecule has 2 aliphatic rings. The average Bonchev–Trinajstić information content (AvgIpc) is 3.21. The van der Waals surface area contributed by atoms with Gasteiger partial charge in [0.15, 0.2) is 6.10 Å². The van der Waals surface area contributed by atoms with E-state index in [1.807, 2.05) is 0 Å². The molecule has 0 N–H and O–H groups in total. The molecule has 9 heteroatoms. The molecule has 1 aliphatic carbocycles. The van der Waals surface area contributed by atoms with Crippen LogP contribution in [0.1, 0.15) is 50.2 Å². The fourth-order valence-corrected chi connectivity index (χ4v) is 5.33. The highest BCUT2D eigenvalue weighted by Gasteiger charge is 2.39. The largest absolute Gasteiger partial charge is 0.339 e. The summed E-state index contributed by atoms with van der Waals surface area (Å²) < 4.78 is 29.0. The van der Waals surface area contributed by atoms with Crippen LogP contribution in [0.5, 0.6) is 0 Å². The normalized spacial score (nSPS) is 24.4. The van der Waals surface area contributed by atoms with Crippen LogP contribution < -0.4 is 0 Å². The lowest BCUT2D eigenvalue weighted by atomic mass is 9.88. The van der Waals surface area contributed by atoms with Gasteiger partial charge < -0.3 is 4.90 Å². The molecule has 0 bridgehead atoms. The number of carbonyl (C=O) groups excluding carboxylic acids is 1. The van der Waals surface area contributed by atoms with Crippen molar-refractivity contribution >= 4 is 39.2 Å². The first kappa shape index (κ1) is 22.8.